The van der Waals surface area contributed by atoms with Crippen molar-refractivity contribution in [2.45, 2.75) is 18.7 Å². The molecule has 134 valence electrons. The molecule has 1 heterocycles. The SMILES string of the molecule is CCN(CC)S(=O)(=O)c1ccc(C(=O)Nc2ncc(C(N)=O)s2)cc1. The molecule has 0 aliphatic rings. The minimum absolute atomic E-state index is 0.123. The van der Waals surface area contributed by atoms with Crippen molar-refractivity contribution in [3.05, 3.63) is 40.9 Å². The van der Waals surface area contributed by atoms with E-state index in [1.165, 1.54) is 34.8 Å². The molecule has 0 saturated heterocycles. The van der Waals surface area contributed by atoms with Crippen molar-refractivity contribution in [1.29, 1.82) is 0 Å². The zero-order valence-electron chi connectivity index (χ0n) is 13.7. The lowest BCUT2D eigenvalue weighted by molar-refractivity contribution is 0.100. The van der Waals surface area contributed by atoms with Crippen LogP contribution in [0.4, 0.5) is 5.13 Å². The van der Waals surface area contributed by atoms with Crippen LogP contribution in [0.2, 0.25) is 0 Å². The highest BCUT2D eigenvalue weighted by molar-refractivity contribution is 7.89. The molecule has 2 aromatic rings. The van der Waals surface area contributed by atoms with E-state index < -0.39 is 21.8 Å². The molecule has 2 amide bonds. The number of amides is 2. The first-order chi connectivity index (χ1) is 11.8. The Hall–Kier alpha value is -2.30. The van der Waals surface area contributed by atoms with Crippen LogP contribution < -0.4 is 11.1 Å². The third-order valence-corrected chi connectivity index (χ3v) is 6.42. The van der Waals surface area contributed by atoms with Gasteiger partial charge in [-0.25, -0.2) is 13.4 Å². The van der Waals surface area contributed by atoms with Crippen LogP contribution in [0.1, 0.15) is 33.9 Å². The fourth-order valence-electron chi connectivity index (χ4n) is 2.11. The molecule has 1 aromatic carbocycles. The second-order valence-electron chi connectivity index (χ2n) is 4.96. The fraction of sp³-hybridized carbons (Fsp3) is 0.267. The Morgan fingerprint density at radius 1 is 1.20 bits per heavy atom. The molecule has 0 radical (unpaired) electrons. The molecule has 25 heavy (non-hydrogen) atoms. The number of aromatic nitrogens is 1. The molecule has 0 aliphatic heterocycles. The van der Waals surface area contributed by atoms with Gasteiger partial charge in [0.25, 0.3) is 11.8 Å². The van der Waals surface area contributed by atoms with Crippen LogP contribution >= 0.6 is 11.3 Å². The predicted molar refractivity (Wildman–Crippen MR) is 95.1 cm³/mol. The van der Waals surface area contributed by atoms with Crippen LogP contribution in [-0.2, 0) is 10.0 Å². The molecule has 0 aliphatic carbocycles. The standard InChI is InChI=1S/C15H18N4O4S2/c1-3-19(4-2)25(22,23)11-7-5-10(6-8-11)14(21)18-15-17-9-12(24-15)13(16)20/h5-9H,3-4H2,1-2H3,(H2,16,20)(H,17,18,21). The van der Waals surface area contributed by atoms with E-state index in [4.69, 9.17) is 5.73 Å². The van der Waals surface area contributed by atoms with E-state index in [0.29, 0.717) is 13.1 Å². The Kier molecular flexibility index (Phi) is 5.88. The van der Waals surface area contributed by atoms with Gasteiger partial charge in [-0.05, 0) is 24.3 Å². The van der Waals surface area contributed by atoms with Crippen LogP contribution in [-0.4, -0.2) is 42.6 Å². The molecule has 0 atom stereocenters. The van der Waals surface area contributed by atoms with Gasteiger partial charge in [-0.2, -0.15) is 4.31 Å². The quantitative estimate of drug-likeness (QED) is 0.752. The number of nitrogens with one attached hydrogen (secondary N) is 1. The zero-order valence-corrected chi connectivity index (χ0v) is 15.4. The van der Waals surface area contributed by atoms with Crippen molar-refractivity contribution in [1.82, 2.24) is 9.29 Å². The van der Waals surface area contributed by atoms with Crippen LogP contribution in [0, 0.1) is 0 Å². The summed E-state index contributed by atoms with van der Waals surface area (Å²) in [4.78, 5) is 27.4. The molecular formula is C15H18N4O4S2. The number of nitrogens with two attached hydrogens (primary N) is 1. The van der Waals surface area contributed by atoms with E-state index in [2.05, 4.69) is 10.3 Å². The number of benzene rings is 1. The largest absolute Gasteiger partial charge is 0.365 e. The molecule has 10 heteroatoms. The Balaban J connectivity index is 2.16. The van der Waals surface area contributed by atoms with Gasteiger partial charge in [-0.3, -0.25) is 14.9 Å². The smallest absolute Gasteiger partial charge is 0.260 e. The van der Waals surface area contributed by atoms with Crippen LogP contribution in [0.5, 0.6) is 0 Å². The molecule has 0 unspecified atom stereocenters. The average molecular weight is 382 g/mol. The minimum atomic E-state index is -3.57. The number of rotatable bonds is 7. The maximum Gasteiger partial charge on any atom is 0.260 e. The van der Waals surface area contributed by atoms with E-state index in [9.17, 15) is 18.0 Å². The summed E-state index contributed by atoms with van der Waals surface area (Å²) in [7, 11) is -3.57. The number of primary amides is 1. The lowest BCUT2D eigenvalue weighted by Crippen LogP contribution is -2.30. The minimum Gasteiger partial charge on any atom is -0.365 e. The number of thiazole rings is 1. The topological polar surface area (TPSA) is 122 Å². The summed E-state index contributed by atoms with van der Waals surface area (Å²) in [6.07, 6.45) is 1.28. The summed E-state index contributed by atoms with van der Waals surface area (Å²) in [5.74, 6) is -1.08. The average Bonchev–Trinajstić information content (AvgIpc) is 3.04. The molecule has 1 aromatic heterocycles. The first-order valence-corrected chi connectivity index (χ1v) is 9.72. The van der Waals surface area contributed by atoms with Gasteiger partial charge < -0.3 is 5.73 Å². The van der Waals surface area contributed by atoms with E-state index in [1.54, 1.807) is 13.8 Å². The van der Waals surface area contributed by atoms with Crippen molar-refractivity contribution < 1.29 is 18.0 Å². The Morgan fingerprint density at radius 2 is 1.80 bits per heavy atom. The fourth-order valence-corrected chi connectivity index (χ4v) is 4.23. The normalized spacial score (nSPS) is 11.5. The van der Waals surface area contributed by atoms with Gasteiger partial charge >= 0.3 is 0 Å². The molecule has 0 bridgehead atoms. The maximum atomic E-state index is 12.4. The van der Waals surface area contributed by atoms with E-state index in [1.807, 2.05) is 0 Å². The highest BCUT2D eigenvalue weighted by atomic mass is 32.2. The van der Waals surface area contributed by atoms with Gasteiger partial charge in [-0.15, -0.1) is 0 Å². The molecule has 3 N–H and O–H groups in total. The van der Waals surface area contributed by atoms with Gasteiger partial charge in [-0.1, -0.05) is 25.2 Å². The van der Waals surface area contributed by atoms with Crippen molar-refractivity contribution in [2.24, 2.45) is 5.73 Å². The lowest BCUT2D eigenvalue weighted by atomic mass is 10.2. The molecule has 8 nitrogen and oxygen atoms in total. The van der Waals surface area contributed by atoms with Crippen molar-refractivity contribution >= 4 is 38.3 Å². The van der Waals surface area contributed by atoms with E-state index >= 15 is 0 Å². The third kappa shape index (κ3) is 4.21. The van der Waals surface area contributed by atoms with Gasteiger partial charge in [0.15, 0.2) is 5.13 Å². The van der Waals surface area contributed by atoms with Crippen LogP contribution in [0.25, 0.3) is 0 Å². The number of hydrogen-bond acceptors (Lipinski definition) is 6. The van der Waals surface area contributed by atoms with Gasteiger partial charge in [0, 0.05) is 18.7 Å². The maximum absolute atomic E-state index is 12.4. The van der Waals surface area contributed by atoms with Crippen molar-refractivity contribution in [3.8, 4) is 0 Å². The second-order valence-corrected chi connectivity index (χ2v) is 7.93. The Bertz CT molecular complexity index is 871. The lowest BCUT2D eigenvalue weighted by Gasteiger charge is -2.18. The molecule has 0 saturated carbocycles. The first kappa shape index (κ1) is 19.0. The monoisotopic (exact) mass is 382 g/mol. The van der Waals surface area contributed by atoms with Gasteiger partial charge in [0.2, 0.25) is 10.0 Å². The molecule has 2 rings (SSSR count). The Morgan fingerprint density at radius 3 is 2.28 bits per heavy atom. The molecular weight excluding hydrogens is 364 g/mol. The first-order valence-electron chi connectivity index (χ1n) is 7.46. The van der Waals surface area contributed by atoms with Crippen molar-refractivity contribution in [2.75, 3.05) is 18.4 Å². The Labute approximate surface area is 149 Å². The molecule has 0 fully saturated rings. The number of nitrogens with zero attached hydrogens (tertiary/aromatic N) is 2. The second kappa shape index (κ2) is 7.72. The van der Waals surface area contributed by atoms with Crippen molar-refractivity contribution in [3.63, 3.8) is 0 Å². The molecule has 0 spiro atoms. The van der Waals surface area contributed by atoms with Crippen LogP contribution in [0.3, 0.4) is 0 Å². The highest BCUT2D eigenvalue weighted by Gasteiger charge is 2.21. The summed E-state index contributed by atoms with van der Waals surface area (Å²) >= 11 is 0.961. The van der Waals surface area contributed by atoms with Gasteiger partial charge in [0.1, 0.15) is 4.88 Å². The van der Waals surface area contributed by atoms with E-state index in [-0.39, 0.29) is 20.5 Å². The predicted octanol–water partition coefficient (Wildman–Crippen LogP) is 1.52. The van der Waals surface area contributed by atoms with Crippen LogP contribution in [0.15, 0.2) is 35.4 Å². The summed E-state index contributed by atoms with van der Waals surface area (Å²) in [6, 6.07) is 5.63. The number of sulfonamides is 1. The van der Waals surface area contributed by atoms with E-state index in [0.717, 1.165) is 11.3 Å². The number of anilines is 1. The zero-order chi connectivity index (χ0) is 18.6. The number of hydrogen-bond donors (Lipinski definition) is 2. The van der Waals surface area contributed by atoms with Gasteiger partial charge in [0.05, 0.1) is 11.1 Å². The summed E-state index contributed by atoms with van der Waals surface area (Å²) < 4.78 is 26.1. The highest BCUT2D eigenvalue weighted by Crippen LogP contribution is 2.20. The third-order valence-electron chi connectivity index (χ3n) is 3.43. The number of carbonyl (C=O) groups is 2. The summed E-state index contributed by atoms with van der Waals surface area (Å²) in [5.41, 5.74) is 5.40. The summed E-state index contributed by atoms with van der Waals surface area (Å²) in [6.45, 7) is 4.26. The number of carbonyl (C=O) groups excluding carboxylic acids is 2. The summed E-state index contributed by atoms with van der Waals surface area (Å²) in [5, 5.41) is 2.77.